The van der Waals surface area contributed by atoms with Gasteiger partial charge in [0.05, 0.1) is 14.2 Å². The first-order valence-corrected chi connectivity index (χ1v) is 12.7. The number of hydrogen-bond acceptors (Lipinski definition) is 10. The molecule has 0 atom stereocenters. The standard InChI is InChI=1S/C26H34N4O10/c1-5-7-15-39-29-19(11-9-17(23(29)33)25(35)37-3)21(31)27-13-14-28-22(32)20-12-10-18(26(36)38-4)24(34)30(20)40-16-8-6-2/h9-12H,5-8,13-16H2,1-4H3,(H,27,31)(H,28,32). The van der Waals surface area contributed by atoms with Gasteiger partial charge in [0.25, 0.3) is 22.9 Å². The topological polar surface area (TPSA) is 173 Å². The van der Waals surface area contributed by atoms with Crippen LogP contribution in [0.1, 0.15) is 81.2 Å². The predicted octanol–water partition coefficient (Wildman–Crippen LogP) is 0.200. The van der Waals surface area contributed by atoms with Crippen LogP contribution in [0.2, 0.25) is 0 Å². The zero-order valence-corrected chi connectivity index (χ0v) is 22.9. The van der Waals surface area contributed by atoms with Crippen molar-refractivity contribution in [1.29, 1.82) is 0 Å². The summed E-state index contributed by atoms with van der Waals surface area (Å²) in [6, 6.07) is 4.84. The van der Waals surface area contributed by atoms with Gasteiger partial charge in [-0.25, -0.2) is 9.59 Å². The molecule has 40 heavy (non-hydrogen) atoms. The van der Waals surface area contributed by atoms with Crippen molar-refractivity contribution < 1.29 is 38.3 Å². The number of ether oxygens (including phenoxy) is 2. The van der Waals surface area contributed by atoms with Gasteiger partial charge in [0, 0.05) is 13.1 Å². The molecule has 0 aliphatic heterocycles. The molecule has 0 saturated heterocycles. The van der Waals surface area contributed by atoms with Crippen molar-refractivity contribution in [3.05, 3.63) is 67.5 Å². The van der Waals surface area contributed by atoms with Gasteiger partial charge in [-0.2, -0.15) is 0 Å². The van der Waals surface area contributed by atoms with Crippen molar-refractivity contribution in [1.82, 2.24) is 20.1 Å². The van der Waals surface area contributed by atoms with E-state index < -0.39 is 34.9 Å². The molecule has 0 unspecified atom stereocenters. The van der Waals surface area contributed by atoms with Gasteiger partial charge in [0.15, 0.2) is 0 Å². The Balaban J connectivity index is 2.14. The minimum atomic E-state index is -0.871. The number of pyridine rings is 2. The molecule has 0 saturated carbocycles. The Morgan fingerprint density at radius 2 is 1.05 bits per heavy atom. The highest BCUT2D eigenvalue weighted by molar-refractivity contribution is 5.95. The SMILES string of the molecule is CCCCOn1c(C(=O)NCCNC(=O)c2ccc(C(=O)OC)c(=O)n2OCCCC)ccc(C(=O)OC)c1=O. The van der Waals surface area contributed by atoms with Crippen LogP contribution in [-0.4, -0.2) is 73.7 Å². The molecule has 0 fully saturated rings. The molecule has 0 aliphatic rings. The van der Waals surface area contributed by atoms with E-state index in [1.54, 1.807) is 0 Å². The predicted molar refractivity (Wildman–Crippen MR) is 141 cm³/mol. The number of hydrogen-bond donors (Lipinski definition) is 2. The van der Waals surface area contributed by atoms with Gasteiger partial charge in [-0.1, -0.05) is 26.7 Å². The number of aromatic nitrogens is 2. The van der Waals surface area contributed by atoms with Crippen LogP contribution < -0.4 is 31.4 Å². The summed E-state index contributed by atoms with van der Waals surface area (Å²) < 4.78 is 10.7. The number of nitrogens with zero attached hydrogens (tertiary/aromatic N) is 2. The lowest BCUT2D eigenvalue weighted by Gasteiger charge is -2.16. The van der Waals surface area contributed by atoms with Crippen LogP contribution in [0.5, 0.6) is 0 Å². The van der Waals surface area contributed by atoms with Crippen molar-refractivity contribution in [3.63, 3.8) is 0 Å². The van der Waals surface area contributed by atoms with Gasteiger partial charge in [-0.05, 0) is 37.1 Å². The molecule has 2 aromatic rings. The van der Waals surface area contributed by atoms with Crippen LogP contribution in [0.15, 0.2) is 33.9 Å². The van der Waals surface area contributed by atoms with Crippen LogP contribution in [0.3, 0.4) is 0 Å². The highest BCUT2D eigenvalue weighted by Crippen LogP contribution is 2.03. The Morgan fingerprint density at radius 1 is 0.675 bits per heavy atom. The molecule has 14 nitrogen and oxygen atoms in total. The highest BCUT2D eigenvalue weighted by atomic mass is 16.7. The first kappa shape index (κ1) is 31.6. The Bertz CT molecular complexity index is 1230. The van der Waals surface area contributed by atoms with Crippen molar-refractivity contribution in [3.8, 4) is 0 Å². The molecule has 2 amide bonds. The van der Waals surface area contributed by atoms with Gasteiger partial charge < -0.3 is 29.8 Å². The number of methoxy groups -OCH3 is 2. The van der Waals surface area contributed by atoms with Gasteiger partial charge >= 0.3 is 11.9 Å². The molecular formula is C26H34N4O10. The van der Waals surface area contributed by atoms with Crippen molar-refractivity contribution >= 4 is 23.8 Å². The summed E-state index contributed by atoms with van der Waals surface area (Å²) in [5.41, 5.74) is -2.60. The van der Waals surface area contributed by atoms with E-state index in [1.165, 1.54) is 24.3 Å². The number of nitrogens with one attached hydrogen (secondary N) is 2. The summed E-state index contributed by atoms with van der Waals surface area (Å²) in [5, 5.41) is 5.11. The first-order chi connectivity index (χ1) is 19.2. The maximum Gasteiger partial charge on any atom is 0.343 e. The molecule has 14 heteroatoms. The molecule has 0 aliphatic carbocycles. The number of carbonyl (C=O) groups excluding carboxylic acids is 4. The molecule has 0 radical (unpaired) electrons. The number of amides is 2. The van der Waals surface area contributed by atoms with E-state index in [0.29, 0.717) is 12.8 Å². The van der Waals surface area contributed by atoms with E-state index in [1.807, 2.05) is 13.8 Å². The summed E-state index contributed by atoms with van der Waals surface area (Å²) in [6.45, 7) is 3.98. The smallest absolute Gasteiger partial charge is 0.343 e. The second-order valence-corrected chi connectivity index (χ2v) is 8.33. The van der Waals surface area contributed by atoms with Crippen LogP contribution in [0.4, 0.5) is 0 Å². The van der Waals surface area contributed by atoms with Crippen LogP contribution in [-0.2, 0) is 9.47 Å². The third-order valence-electron chi connectivity index (χ3n) is 5.49. The number of esters is 2. The summed E-state index contributed by atoms with van der Waals surface area (Å²) in [4.78, 5) is 85.8. The lowest BCUT2D eigenvalue weighted by atomic mass is 10.2. The Kier molecular flexibility index (Phi) is 12.4. The lowest BCUT2D eigenvalue weighted by Crippen LogP contribution is -2.42. The summed E-state index contributed by atoms with van der Waals surface area (Å²) >= 11 is 0. The second-order valence-electron chi connectivity index (χ2n) is 8.33. The number of rotatable bonds is 15. The zero-order valence-electron chi connectivity index (χ0n) is 22.9. The fourth-order valence-electron chi connectivity index (χ4n) is 3.30. The highest BCUT2D eigenvalue weighted by Gasteiger charge is 2.22. The fourth-order valence-corrected chi connectivity index (χ4v) is 3.30. The second kappa shape index (κ2) is 15.7. The summed E-state index contributed by atoms with van der Waals surface area (Å²) in [7, 11) is 2.26. The Labute approximate surface area is 230 Å². The average Bonchev–Trinajstić information content (AvgIpc) is 2.95. The maximum absolute atomic E-state index is 12.8. The number of carbonyl (C=O) groups is 4. The van der Waals surface area contributed by atoms with Gasteiger partial charge in [-0.15, -0.1) is 9.46 Å². The zero-order chi connectivity index (χ0) is 29.7. The van der Waals surface area contributed by atoms with Gasteiger partial charge in [-0.3, -0.25) is 19.2 Å². The minimum absolute atomic E-state index is 0.0619. The molecule has 2 N–H and O–H groups in total. The summed E-state index contributed by atoms with van der Waals surface area (Å²) in [5.74, 6) is -3.13. The maximum atomic E-state index is 12.8. The van der Waals surface area contributed by atoms with Crippen LogP contribution in [0, 0.1) is 0 Å². The third kappa shape index (κ3) is 7.94. The van der Waals surface area contributed by atoms with E-state index in [0.717, 1.165) is 36.5 Å². The largest absolute Gasteiger partial charge is 0.465 e. The van der Waals surface area contributed by atoms with Gasteiger partial charge in [0.1, 0.15) is 35.7 Å². The van der Waals surface area contributed by atoms with Gasteiger partial charge in [0.2, 0.25) is 0 Å². The quantitative estimate of drug-likeness (QED) is 0.225. The normalized spacial score (nSPS) is 10.4. The Morgan fingerprint density at radius 3 is 1.38 bits per heavy atom. The van der Waals surface area contributed by atoms with Crippen LogP contribution >= 0.6 is 0 Å². The lowest BCUT2D eigenvalue weighted by molar-refractivity contribution is 0.0568. The third-order valence-corrected chi connectivity index (χ3v) is 5.49. The molecule has 0 spiro atoms. The first-order valence-electron chi connectivity index (χ1n) is 12.7. The average molecular weight is 563 g/mol. The fraction of sp³-hybridized carbons (Fsp3) is 0.462. The van der Waals surface area contributed by atoms with Crippen molar-refractivity contribution in [2.45, 2.75) is 39.5 Å². The Hall–Kier alpha value is -4.62. The minimum Gasteiger partial charge on any atom is -0.465 e. The van der Waals surface area contributed by atoms with E-state index in [9.17, 15) is 28.8 Å². The monoisotopic (exact) mass is 562 g/mol. The molecule has 0 bridgehead atoms. The molecule has 2 heterocycles. The molecule has 218 valence electrons. The number of unbranched alkanes of at least 4 members (excludes halogenated alkanes) is 2. The van der Waals surface area contributed by atoms with Crippen LogP contribution in [0.25, 0.3) is 0 Å². The molecule has 2 rings (SSSR count). The van der Waals surface area contributed by atoms with E-state index >= 15 is 0 Å². The van der Waals surface area contributed by atoms with Crippen molar-refractivity contribution in [2.24, 2.45) is 0 Å². The molecule has 2 aromatic heterocycles. The van der Waals surface area contributed by atoms with E-state index in [-0.39, 0.29) is 48.8 Å². The van der Waals surface area contributed by atoms with E-state index in [2.05, 4.69) is 20.1 Å². The van der Waals surface area contributed by atoms with E-state index in [4.69, 9.17) is 9.68 Å². The molecular weight excluding hydrogens is 528 g/mol. The van der Waals surface area contributed by atoms with Crippen molar-refractivity contribution in [2.75, 3.05) is 40.5 Å². The summed E-state index contributed by atoms with van der Waals surface area (Å²) in [6.07, 6.45) is 2.76. The molecule has 0 aromatic carbocycles.